The van der Waals surface area contributed by atoms with Crippen LogP contribution in [0.4, 0.5) is 0 Å². The van der Waals surface area contributed by atoms with E-state index < -0.39 is 0 Å². The van der Waals surface area contributed by atoms with Gasteiger partial charge in [-0.25, -0.2) is 0 Å². The van der Waals surface area contributed by atoms with Gasteiger partial charge in [0.15, 0.2) is 0 Å². The minimum absolute atomic E-state index is 0.164. The summed E-state index contributed by atoms with van der Waals surface area (Å²) in [6, 6.07) is 0. The van der Waals surface area contributed by atoms with Gasteiger partial charge in [-0.2, -0.15) is 0 Å². The predicted octanol–water partition coefficient (Wildman–Crippen LogP) is 2.12. The number of ether oxygens (including phenoxy) is 3. The van der Waals surface area contributed by atoms with Crippen LogP contribution in [0.3, 0.4) is 0 Å². The first-order valence-electron chi connectivity index (χ1n) is 7.63. The van der Waals surface area contributed by atoms with Crippen molar-refractivity contribution in [3.63, 3.8) is 0 Å². The predicted molar refractivity (Wildman–Crippen MR) is 75.4 cm³/mol. The Hall–Kier alpha value is -0.160. The van der Waals surface area contributed by atoms with Crippen LogP contribution in [0.5, 0.6) is 0 Å². The summed E-state index contributed by atoms with van der Waals surface area (Å²) in [6.07, 6.45) is 5.50. The van der Waals surface area contributed by atoms with Crippen LogP contribution in [0.25, 0.3) is 0 Å². The van der Waals surface area contributed by atoms with E-state index in [-0.39, 0.29) is 11.6 Å². The molecule has 1 N–H and O–H groups in total. The van der Waals surface area contributed by atoms with E-state index in [1.54, 1.807) is 0 Å². The van der Waals surface area contributed by atoms with Gasteiger partial charge in [-0.05, 0) is 46.5 Å². The molecule has 2 rings (SSSR count). The molecule has 4 heteroatoms. The molecular weight excluding hydrogens is 242 g/mol. The molecule has 0 aromatic heterocycles. The van der Waals surface area contributed by atoms with Crippen LogP contribution in [0, 0.1) is 0 Å². The lowest BCUT2D eigenvalue weighted by Crippen LogP contribution is -2.41. The van der Waals surface area contributed by atoms with Crippen molar-refractivity contribution < 1.29 is 14.2 Å². The van der Waals surface area contributed by atoms with E-state index in [0.717, 1.165) is 39.0 Å². The van der Waals surface area contributed by atoms with E-state index in [4.69, 9.17) is 14.2 Å². The average molecular weight is 271 g/mol. The van der Waals surface area contributed by atoms with Crippen molar-refractivity contribution >= 4 is 0 Å². The van der Waals surface area contributed by atoms with Gasteiger partial charge in [-0.1, -0.05) is 0 Å². The highest BCUT2D eigenvalue weighted by Gasteiger charge is 2.26. The van der Waals surface area contributed by atoms with Gasteiger partial charge in [0, 0.05) is 18.7 Å². The van der Waals surface area contributed by atoms with Crippen molar-refractivity contribution in [3.05, 3.63) is 0 Å². The van der Waals surface area contributed by atoms with Crippen LogP contribution in [-0.2, 0) is 14.2 Å². The molecule has 3 unspecified atom stereocenters. The van der Waals surface area contributed by atoms with Gasteiger partial charge < -0.3 is 19.5 Å². The van der Waals surface area contributed by atoms with Gasteiger partial charge in [-0.15, -0.1) is 0 Å². The van der Waals surface area contributed by atoms with Gasteiger partial charge in [0.25, 0.3) is 0 Å². The van der Waals surface area contributed by atoms with Crippen molar-refractivity contribution in [3.8, 4) is 0 Å². The Balaban J connectivity index is 1.54. The first kappa shape index (κ1) is 15.2. The van der Waals surface area contributed by atoms with E-state index in [1.807, 2.05) is 0 Å². The van der Waals surface area contributed by atoms with E-state index in [9.17, 15) is 0 Å². The lowest BCUT2D eigenvalue weighted by atomic mass is 10.1. The molecule has 0 aromatic rings. The summed E-state index contributed by atoms with van der Waals surface area (Å²) in [6.45, 7) is 9.83. The van der Waals surface area contributed by atoms with Crippen molar-refractivity contribution in [2.24, 2.45) is 0 Å². The maximum atomic E-state index is 5.99. The van der Waals surface area contributed by atoms with Crippen LogP contribution in [0.15, 0.2) is 0 Å². The third-order valence-electron chi connectivity index (χ3n) is 3.69. The fourth-order valence-electron chi connectivity index (χ4n) is 2.58. The molecule has 4 nitrogen and oxygen atoms in total. The second-order valence-corrected chi connectivity index (χ2v) is 6.76. The van der Waals surface area contributed by atoms with Gasteiger partial charge in [0.05, 0.1) is 31.5 Å². The van der Waals surface area contributed by atoms with Crippen LogP contribution in [0.1, 0.15) is 46.5 Å². The second-order valence-electron chi connectivity index (χ2n) is 6.76. The molecule has 0 saturated carbocycles. The molecule has 0 amide bonds. The van der Waals surface area contributed by atoms with Crippen LogP contribution < -0.4 is 5.32 Å². The van der Waals surface area contributed by atoms with Gasteiger partial charge in [0.1, 0.15) is 0 Å². The van der Waals surface area contributed by atoms with E-state index in [1.165, 1.54) is 6.42 Å². The minimum Gasteiger partial charge on any atom is -0.376 e. The van der Waals surface area contributed by atoms with E-state index in [0.29, 0.717) is 18.8 Å². The third-order valence-corrected chi connectivity index (χ3v) is 3.69. The number of rotatable bonds is 6. The highest BCUT2D eigenvalue weighted by atomic mass is 16.6. The molecule has 0 spiro atoms. The Kier molecular flexibility index (Phi) is 5.63. The van der Waals surface area contributed by atoms with Crippen LogP contribution in [-0.4, -0.2) is 50.2 Å². The smallest absolute Gasteiger partial charge is 0.0813 e. The molecule has 2 fully saturated rings. The molecule has 2 aliphatic heterocycles. The highest BCUT2D eigenvalue weighted by Crippen LogP contribution is 2.20. The Morgan fingerprint density at radius 3 is 2.47 bits per heavy atom. The van der Waals surface area contributed by atoms with Crippen molar-refractivity contribution in [2.75, 3.05) is 26.4 Å². The SMILES string of the molecule is CC(C)(C)NCC1CCC(COCC2CCCO2)O1. The summed E-state index contributed by atoms with van der Waals surface area (Å²) < 4.78 is 17.3. The summed E-state index contributed by atoms with van der Waals surface area (Å²) in [5.41, 5.74) is 0.164. The van der Waals surface area contributed by atoms with Crippen LogP contribution >= 0.6 is 0 Å². The first-order chi connectivity index (χ1) is 9.03. The maximum absolute atomic E-state index is 5.99. The molecule has 112 valence electrons. The van der Waals surface area contributed by atoms with Crippen molar-refractivity contribution in [1.82, 2.24) is 5.32 Å². The maximum Gasteiger partial charge on any atom is 0.0813 e. The van der Waals surface area contributed by atoms with E-state index in [2.05, 4.69) is 26.1 Å². The molecule has 3 atom stereocenters. The standard InChI is InChI=1S/C15H29NO3/c1-15(2,3)16-9-12-6-7-14(19-12)11-17-10-13-5-4-8-18-13/h12-14,16H,4-11H2,1-3H3. The van der Waals surface area contributed by atoms with E-state index >= 15 is 0 Å². The third kappa shape index (κ3) is 5.78. The normalized spacial score (nSPS) is 32.1. The monoisotopic (exact) mass is 271 g/mol. The number of nitrogens with one attached hydrogen (secondary N) is 1. The quantitative estimate of drug-likeness (QED) is 0.803. The Morgan fingerprint density at radius 2 is 1.79 bits per heavy atom. The minimum atomic E-state index is 0.164. The zero-order valence-corrected chi connectivity index (χ0v) is 12.6. The number of hydrogen-bond acceptors (Lipinski definition) is 4. The molecule has 2 aliphatic rings. The molecular formula is C15H29NO3. The highest BCUT2D eigenvalue weighted by molar-refractivity contribution is 4.79. The molecule has 2 heterocycles. The molecule has 0 aromatic carbocycles. The molecule has 0 radical (unpaired) electrons. The zero-order valence-electron chi connectivity index (χ0n) is 12.6. The Morgan fingerprint density at radius 1 is 1.05 bits per heavy atom. The topological polar surface area (TPSA) is 39.7 Å². The summed E-state index contributed by atoms with van der Waals surface area (Å²) in [4.78, 5) is 0. The summed E-state index contributed by atoms with van der Waals surface area (Å²) >= 11 is 0. The Labute approximate surface area is 117 Å². The largest absolute Gasteiger partial charge is 0.376 e. The average Bonchev–Trinajstić information content (AvgIpc) is 2.97. The summed E-state index contributed by atoms with van der Waals surface area (Å²) in [7, 11) is 0. The van der Waals surface area contributed by atoms with Crippen molar-refractivity contribution in [2.45, 2.75) is 70.3 Å². The van der Waals surface area contributed by atoms with Gasteiger partial charge >= 0.3 is 0 Å². The lowest BCUT2D eigenvalue weighted by Gasteiger charge is -2.23. The zero-order chi connectivity index (χ0) is 13.7. The second kappa shape index (κ2) is 7.02. The molecule has 2 saturated heterocycles. The Bertz CT molecular complexity index is 259. The summed E-state index contributed by atoms with van der Waals surface area (Å²) in [5, 5.41) is 3.50. The van der Waals surface area contributed by atoms with Gasteiger partial charge in [0.2, 0.25) is 0 Å². The first-order valence-corrected chi connectivity index (χ1v) is 7.63. The summed E-state index contributed by atoms with van der Waals surface area (Å²) in [5.74, 6) is 0. The van der Waals surface area contributed by atoms with Gasteiger partial charge in [-0.3, -0.25) is 0 Å². The molecule has 0 bridgehead atoms. The number of hydrogen-bond donors (Lipinski definition) is 1. The van der Waals surface area contributed by atoms with Crippen molar-refractivity contribution in [1.29, 1.82) is 0 Å². The molecule has 19 heavy (non-hydrogen) atoms. The molecule has 0 aliphatic carbocycles. The fraction of sp³-hybridized carbons (Fsp3) is 1.00. The van der Waals surface area contributed by atoms with Crippen LogP contribution in [0.2, 0.25) is 0 Å². The lowest BCUT2D eigenvalue weighted by molar-refractivity contribution is -0.0414. The fourth-order valence-corrected chi connectivity index (χ4v) is 2.58.